The number of ether oxygens (including phenoxy) is 2. The van der Waals surface area contributed by atoms with Gasteiger partial charge >= 0.3 is 0 Å². The van der Waals surface area contributed by atoms with Crippen LogP contribution in [-0.2, 0) is 4.79 Å². The molecule has 9 heteroatoms. The minimum absolute atomic E-state index is 0.0270. The number of rotatable bonds is 6. The Morgan fingerprint density at radius 2 is 2.08 bits per heavy atom. The molecular formula is C16H13Br2ClN2O4. The summed E-state index contributed by atoms with van der Waals surface area (Å²) in [5.74, 6) is 0.678. The molecule has 0 spiro atoms. The largest absolute Gasteiger partial charge is 0.506 e. The molecule has 0 saturated heterocycles. The highest BCUT2D eigenvalue weighted by molar-refractivity contribution is 9.10. The summed E-state index contributed by atoms with van der Waals surface area (Å²) in [4.78, 5) is 11.8. The quantitative estimate of drug-likeness (QED) is 0.470. The lowest BCUT2D eigenvalue weighted by Gasteiger charge is -2.08. The Labute approximate surface area is 166 Å². The van der Waals surface area contributed by atoms with E-state index in [4.69, 9.17) is 21.1 Å². The SMILES string of the molecule is COc1ccc(OCC(=O)NN=Cc2cc(Cl)cc(Br)c2O)c(Br)c1. The van der Waals surface area contributed by atoms with Gasteiger partial charge in [0.15, 0.2) is 6.61 Å². The van der Waals surface area contributed by atoms with Crippen molar-refractivity contribution in [2.75, 3.05) is 13.7 Å². The van der Waals surface area contributed by atoms with Crippen molar-refractivity contribution >= 4 is 55.6 Å². The summed E-state index contributed by atoms with van der Waals surface area (Å²) < 4.78 is 11.6. The molecule has 0 aromatic heterocycles. The Balaban J connectivity index is 1.91. The summed E-state index contributed by atoms with van der Waals surface area (Å²) in [6.45, 7) is -0.229. The normalized spacial score (nSPS) is 10.7. The fourth-order valence-corrected chi connectivity index (χ4v) is 3.07. The summed E-state index contributed by atoms with van der Waals surface area (Å²) in [5, 5.41) is 14.1. The van der Waals surface area contributed by atoms with Gasteiger partial charge in [-0.3, -0.25) is 4.79 Å². The number of nitrogens with one attached hydrogen (secondary N) is 1. The van der Waals surface area contributed by atoms with Gasteiger partial charge in [0.25, 0.3) is 5.91 Å². The molecule has 2 aromatic rings. The van der Waals surface area contributed by atoms with Gasteiger partial charge in [0, 0.05) is 10.6 Å². The van der Waals surface area contributed by atoms with Crippen molar-refractivity contribution in [3.63, 3.8) is 0 Å². The van der Waals surface area contributed by atoms with Crippen molar-refractivity contribution in [3.8, 4) is 17.2 Å². The Morgan fingerprint density at radius 1 is 1.32 bits per heavy atom. The van der Waals surface area contributed by atoms with Crippen LogP contribution in [0.15, 0.2) is 44.4 Å². The molecule has 0 radical (unpaired) electrons. The number of hydrazone groups is 1. The first-order valence-corrected chi connectivity index (χ1v) is 8.83. The first-order chi connectivity index (χ1) is 11.9. The number of phenols is 1. The van der Waals surface area contributed by atoms with E-state index >= 15 is 0 Å². The van der Waals surface area contributed by atoms with Gasteiger partial charge in [-0.25, -0.2) is 5.43 Å². The fourth-order valence-electron chi connectivity index (χ4n) is 1.76. The summed E-state index contributed by atoms with van der Waals surface area (Å²) in [6, 6.07) is 8.19. The van der Waals surface area contributed by atoms with Crippen LogP contribution >= 0.6 is 43.5 Å². The third kappa shape index (κ3) is 5.62. The lowest BCUT2D eigenvalue weighted by atomic mass is 10.2. The number of aromatic hydroxyl groups is 1. The van der Waals surface area contributed by atoms with E-state index < -0.39 is 5.91 Å². The number of hydrogen-bond acceptors (Lipinski definition) is 5. The molecule has 0 aliphatic heterocycles. The molecule has 132 valence electrons. The highest BCUT2D eigenvalue weighted by Gasteiger charge is 2.08. The van der Waals surface area contributed by atoms with E-state index in [9.17, 15) is 9.90 Å². The maximum absolute atomic E-state index is 11.8. The summed E-state index contributed by atoms with van der Waals surface area (Å²) in [7, 11) is 1.56. The highest BCUT2D eigenvalue weighted by atomic mass is 79.9. The second-order valence-corrected chi connectivity index (χ2v) is 6.85. The molecule has 0 unspecified atom stereocenters. The van der Waals surface area contributed by atoms with E-state index in [0.29, 0.717) is 31.0 Å². The number of halogens is 3. The maximum Gasteiger partial charge on any atom is 0.277 e. The van der Waals surface area contributed by atoms with Crippen LogP contribution in [-0.4, -0.2) is 30.9 Å². The molecule has 2 N–H and O–H groups in total. The smallest absolute Gasteiger partial charge is 0.277 e. The molecule has 1 amide bonds. The number of amides is 1. The third-order valence-electron chi connectivity index (χ3n) is 2.95. The number of phenolic OH excluding ortho intramolecular Hbond substituents is 1. The molecule has 2 aromatic carbocycles. The van der Waals surface area contributed by atoms with Crippen molar-refractivity contribution in [1.82, 2.24) is 5.43 Å². The predicted molar refractivity (Wildman–Crippen MR) is 103 cm³/mol. The summed E-state index contributed by atoms with van der Waals surface area (Å²) in [5.41, 5.74) is 2.67. The average Bonchev–Trinajstić information content (AvgIpc) is 2.57. The van der Waals surface area contributed by atoms with Crippen molar-refractivity contribution in [2.24, 2.45) is 5.10 Å². The number of nitrogens with zero attached hydrogens (tertiary/aromatic N) is 1. The van der Waals surface area contributed by atoms with Crippen molar-refractivity contribution in [1.29, 1.82) is 0 Å². The minimum atomic E-state index is -0.459. The van der Waals surface area contributed by atoms with Crippen LogP contribution in [0.25, 0.3) is 0 Å². The van der Waals surface area contributed by atoms with Crippen LogP contribution in [0, 0.1) is 0 Å². The van der Waals surface area contributed by atoms with Crippen LogP contribution in [0.2, 0.25) is 5.02 Å². The topological polar surface area (TPSA) is 80.2 Å². The van der Waals surface area contributed by atoms with Gasteiger partial charge in [0.2, 0.25) is 0 Å². The van der Waals surface area contributed by atoms with E-state index in [1.807, 2.05) is 0 Å². The molecule has 0 aliphatic rings. The zero-order valence-corrected chi connectivity index (χ0v) is 16.9. The van der Waals surface area contributed by atoms with Gasteiger partial charge in [-0.05, 0) is 62.2 Å². The molecule has 0 saturated carbocycles. The van der Waals surface area contributed by atoms with E-state index in [1.54, 1.807) is 31.4 Å². The molecule has 0 atom stereocenters. The first kappa shape index (κ1) is 19.6. The zero-order chi connectivity index (χ0) is 18.4. The number of carbonyl (C=O) groups is 1. The van der Waals surface area contributed by atoms with E-state index in [0.717, 1.165) is 0 Å². The van der Waals surface area contributed by atoms with Crippen molar-refractivity contribution in [2.45, 2.75) is 0 Å². The third-order valence-corrected chi connectivity index (χ3v) is 4.39. The molecule has 6 nitrogen and oxygen atoms in total. The number of hydrogen-bond donors (Lipinski definition) is 2. The molecule has 2 rings (SSSR count). The van der Waals surface area contributed by atoms with Crippen LogP contribution in [0.1, 0.15) is 5.56 Å². The minimum Gasteiger partial charge on any atom is -0.506 e. The first-order valence-electron chi connectivity index (χ1n) is 6.87. The van der Waals surface area contributed by atoms with Gasteiger partial charge < -0.3 is 14.6 Å². The molecule has 0 bridgehead atoms. The number of benzene rings is 2. The Morgan fingerprint density at radius 3 is 2.76 bits per heavy atom. The van der Waals surface area contributed by atoms with Crippen LogP contribution in [0.3, 0.4) is 0 Å². The average molecular weight is 493 g/mol. The summed E-state index contributed by atoms with van der Waals surface area (Å²) >= 11 is 12.4. The Hall–Kier alpha value is -1.77. The monoisotopic (exact) mass is 490 g/mol. The van der Waals surface area contributed by atoms with Crippen LogP contribution in [0.5, 0.6) is 17.2 Å². The maximum atomic E-state index is 11.8. The predicted octanol–water partition coefficient (Wildman–Crippen LogP) is 4.11. The Bertz CT molecular complexity index is 815. The van der Waals surface area contributed by atoms with Crippen LogP contribution in [0.4, 0.5) is 0 Å². The molecule has 0 aliphatic carbocycles. The molecule has 25 heavy (non-hydrogen) atoms. The highest BCUT2D eigenvalue weighted by Crippen LogP contribution is 2.30. The van der Waals surface area contributed by atoms with Gasteiger partial charge in [0.05, 0.1) is 22.3 Å². The Kier molecular flexibility index (Phi) is 7.10. The van der Waals surface area contributed by atoms with Gasteiger partial charge in [0.1, 0.15) is 17.2 Å². The number of methoxy groups -OCH3 is 1. The van der Waals surface area contributed by atoms with Gasteiger partial charge in [-0.15, -0.1) is 0 Å². The summed E-state index contributed by atoms with van der Waals surface area (Å²) in [6.07, 6.45) is 1.28. The number of carbonyl (C=O) groups excluding carboxylic acids is 1. The lowest BCUT2D eigenvalue weighted by Crippen LogP contribution is -2.24. The van der Waals surface area contributed by atoms with Gasteiger partial charge in [-0.1, -0.05) is 11.6 Å². The van der Waals surface area contributed by atoms with E-state index in [-0.39, 0.29) is 12.4 Å². The van der Waals surface area contributed by atoms with Crippen LogP contribution < -0.4 is 14.9 Å². The standard InChI is InChI=1S/C16H13Br2ClN2O4/c1-24-11-2-3-14(12(17)6-11)25-8-15(22)21-20-7-9-4-10(19)5-13(18)16(9)23/h2-7,23H,8H2,1H3,(H,21,22). The second-order valence-electron chi connectivity index (χ2n) is 4.70. The van der Waals surface area contributed by atoms with E-state index in [1.165, 1.54) is 12.3 Å². The molecule has 0 heterocycles. The van der Waals surface area contributed by atoms with Crippen molar-refractivity contribution < 1.29 is 19.4 Å². The van der Waals surface area contributed by atoms with Gasteiger partial charge in [-0.2, -0.15) is 5.10 Å². The zero-order valence-electron chi connectivity index (χ0n) is 12.9. The van der Waals surface area contributed by atoms with Crippen molar-refractivity contribution in [3.05, 3.63) is 49.9 Å². The van der Waals surface area contributed by atoms with E-state index in [2.05, 4.69) is 42.4 Å². The molecular weight excluding hydrogens is 479 g/mol. The lowest BCUT2D eigenvalue weighted by molar-refractivity contribution is -0.123. The second kappa shape index (κ2) is 9.07. The molecule has 0 fully saturated rings. The fraction of sp³-hybridized carbons (Fsp3) is 0.125.